The molecule has 142 valence electrons. The van der Waals surface area contributed by atoms with Crippen molar-refractivity contribution in [3.63, 3.8) is 0 Å². The van der Waals surface area contributed by atoms with E-state index in [-0.39, 0.29) is 0 Å². The Bertz CT molecular complexity index is 1280. The average Bonchev–Trinajstić information content (AvgIpc) is 3.22. The molecule has 3 heterocycles. The number of aliphatic hydroxyl groups excluding tert-OH is 1. The summed E-state index contributed by atoms with van der Waals surface area (Å²) < 4.78 is 0. The van der Waals surface area contributed by atoms with E-state index in [2.05, 4.69) is 37.4 Å². The monoisotopic (exact) mass is 381 g/mol. The van der Waals surface area contributed by atoms with E-state index in [0.29, 0.717) is 12.4 Å². The summed E-state index contributed by atoms with van der Waals surface area (Å²) in [6.45, 7) is 0.358. The van der Waals surface area contributed by atoms with Crippen molar-refractivity contribution in [2.45, 2.75) is 6.10 Å². The molecule has 0 fully saturated rings. The zero-order valence-electron chi connectivity index (χ0n) is 15.6. The van der Waals surface area contributed by atoms with E-state index in [1.54, 1.807) is 6.20 Å². The number of nitrogens with one attached hydrogen (secondary N) is 2. The molecule has 0 bridgehead atoms. The molecule has 29 heavy (non-hydrogen) atoms. The molecule has 0 aliphatic heterocycles. The third kappa shape index (κ3) is 3.30. The Labute approximate surface area is 167 Å². The highest BCUT2D eigenvalue weighted by molar-refractivity contribution is 5.98. The van der Waals surface area contributed by atoms with Crippen LogP contribution in [0, 0.1) is 0 Å². The molecular weight excluding hydrogens is 362 g/mol. The number of rotatable bonds is 5. The van der Waals surface area contributed by atoms with Crippen molar-refractivity contribution in [2.75, 3.05) is 11.9 Å². The quantitative estimate of drug-likeness (QED) is 0.422. The molecule has 1 atom stereocenters. The van der Waals surface area contributed by atoms with Gasteiger partial charge in [0.15, 0.2) is 0 Å². The zero-order chi connectivity index (χ0) is 19.6. The van der Waals surface area contributed by atoms with Gasteiger partial charge in [-0.15, -0.1) is 0 Å². The molecule has 0 unspecified atom stereocenters. The number of fused-ring (bicyclic) bond motifs is 2. The lowest BCUT2D eigenvalue weighted by atomic mass is 10.0. The van der Waals surface area contributed by atoms with E-state index < -0.39 is 6.10 Å². The van der Waals surface area contributed by atoms with Gasteiger partial charge < -0.3 is 15.4 Å². The highest BCUT2D eigenvalue weighted by atomic mass is 16.3. The minimum Gasteiger partial charge on any atom is -0.387 e. The Morgan fingerprint density at radius 3 is 2.72 bits per heavy atom. The Balaban J connectivity index is 1.49. The summed E-state index contributed by atoms with van der Waals surface area (Å²) in [7, 11) is 0. The van der Waals surface area contributed by atoms with Gasteiger partial charge in [-0.2, -0.15) is 0 Å². The summed E-state index contributed by atoms with van der Waals surface area (Å²) in [6, 6.07) is 19.7. The summed E-state index contributed by atoms with van der Waals surface area (Å²) >= 11 is 0. The van der Waals surface area contributed by atoms with Crippen LogP contribution in [0.15, 0.2) is 79.4 Å². The molecule has 5 rings (SSSR count). The van der Waals surface area contributed by atoms with Crippen molar-refractivity contribution in [3.8, 4) is 11.1 Å². The molecule has 6 nitrogen and oxygen atoms in total. The van der Waals surface area contributed by atoms with Gasteiger partial charge >= 0.3 is 0 Å². The highest BCUT2D eigenvalue weighted by Crippen LogP contribution is 2.31. The van der Waals surface area contributed by atoms with Gasteiger partial charge in [0.1, 0.15) is 17.8 Å². The number of nitrogens with zero attached hydrogens (tertiary/aromatic N) is 3. The molecule has 0 aliphatic rings. The summed E-state index contributed by atoms with van der Waals surface area (Å²) in [6.07, 6.45) is 4.66. The standard InChI is InChI=1S/C23H19N5O/c29-21(15-5-2-1-3-6-15)13-26-23-18-11-16(8-9-20(18)27-14-28-23)19-12-25-22-17(19)7-4-10-24-22/h1-12,14,21,29H,13H2,(H,24,25)(H,26,27,28)/t21-/m0/s1. The van der Waals surface area contributed by atoms with Gasteiger partial charge in [-0.1, -0.05) is 36.4 Å². The number of anilines is 1. The van der Waals surface area contributed by atoms with Gasteiger partial charge in [0.2, 0.25) is 0 Å². The lowest BCUT2D eigenvalue weighted by molar-refractivity contribution is 0.191. The third-order valence-electron chi connectivity index (χ3n) is 5.04. The molecule has 3 N–H and O–H groups in total. The van der Waals surface area contributed by atoms with Crippen molar-refractivity contribution in [2.24, 2.45) is 0 Å². The Hall–Kier alpha value is -3.77. The molecule has 0 spiro atoms. The van der Waals surface area contributed by atoms with Crippen molar-refractivity contribution >= 4 is 27.8 Å². The Morgan fingerprint density at radius 1 is 0.931 bits per heavy atom. The molecule has 0 aliphatic carbocycles. The Kier molecular flexibility index (Phi) is 4.38. The molecule has 2 aromatic carbocycles. The fourth-order valence-electron chi connectivity index (χ4n) is 3.55. The number of pyridine rings is 1. The first-order chi connectivity index (χ1) is 14.3. The SMILES string of the molecule is O[C@@H](CNc1ncnc2ccc(-c3c[nH]c4ncccc34)cc12)c1ccccc1. The van der Waals surface area contributed by atoms with Crippen LogP contribution in [0.25, 0.3) is 33.1 Å². The second-order valence-electron chi connectivity index (χ2n) is 6.86. The maximum absolute atomic E-state index is 10.5. The van der Waals surface area contributed by atoms with Crippen LogP contribution in [-0.2, 0) is 0 Å². The van der Waals surface area contributed by atoms with Crippen molar-refractivity contribution in [1.29, 1.82) is 0 Å². The van der Waals surface area contributed by atoms with E-state index in [1.165, 1.54) is 6.33 Å². The molecule has 5 aromatic rings. The van der Waals surface area contributed by atoms with Crippen LogP contribution < -0.4 is 5.32 Å². The topological polar surface area (TPSA) is 86.7 Å². The maximum atomic E-state index is 10.5. The molecule has 6 heteroatoms. The van der Waals surface area contributed by atoms with E-state index >= 15 is 0 Å². The zero-order valence-corrected chi connectivity index (χ0v) is 15.6. The second kappa shape index (κ2) is 7.33. The van der Waals surface area contributed by atoms with Crippen LogP contribution in [-0.4, -0.2) is 31.6 Å². The predicted octanol–water partition coefficient (Wildman–Crippen LogP) is 4.32. The van der Waals surface area contributed by atoms with Gasteiger partial charge in [0.05, 0.1) is 11.6 Å². The number of aromatic amines is 1. The number of H-pyrrole nitrogens is 1. The highest BCUT2D eigenvalue weighted by Gasteiger charge is 2.12. The van der Waals surface area contributed by atoms with Crippen LogP contribution in [0.4, 0.5) is 5.82 Å². The first kappa shape index (κ1) is 17.3. The van der Waals surface area contributed by atoms with E-state index in [1.807, 2.05) is 54.7 Å². The maximum Gasteiger partial charge on any atom is 0.137 e. The number of hydrogen-bond acceptors (Lipinski definition) is 5. The summed E-state index contributed by atoms with van der Waals surface area (Å²) in [5.74, 6) is 0.699. The first-order valence-electron chi connectivity index (χ1n) is 9.44. The van der Waals surface area contributed by atoms with E-state index in [0.717, 1.165) is 38.6 Å². The van der Waals surface area contributed by atoms with Gasteiger partial charge in [-0.25, -0.2) is 15.0 Å². The van der Waals surface area contributed by atoms with Crippen LogP contribution in [0.3, 0.4) is 0 Å². The first-order valence-corrected chi connectivity index (χ1v) is 9.44. The van der Waals surface area contributed by atoms with Gasteiger partial charge in [0, 0.05) is 35.3 Å². The van der Waals surface area contributed by atoms with Crippen molar-refractivity contribution < 1.29 is 5.11 Å². The minimum absolute atomic E-state index is 0.358. The van der Waals surface area contributed by atoms with Crippen LogP contribution in [0.1, 0.15) is 11.7 Å². The average molecular weight is 381 g/mol. The molecule has 0 saturated heterocycles. The summed E-state index contributed by atoms with van der Waals surface area (Å²) in [5, 5.41) is 15.7. The normalized spacial score (nSPS) is 12.3. The van der Waals surface area contributed by atoms with E-state index in [9.17, 15) is 5.11 Å². The summed E-state index contributed by atoms with van der Waals surface area (Å²) in [5.41, 5.74) is 4.70. The van der Waals surface area contributed by atoms with Crippen LogP contribution in [0.2, 0.25) is 0 Å². The van der Waals surface area contributed by atoms with Crippen LogP contribution in [0.5, 0.6) is 0 Å². The molecule has 0 saturated carbocycles. The molecule has 0 amide bonds. The number of aromatic nitrogens is 4. The van der Waals surface area contributed by atoms with Gasteiger partial charge in [-0.3, -0.25) is 0 Å². The van der Waals surface area contributed by atoms with Crippen molar-refractivity contribution in [3.05, 3.63) is 84.9 Å². The van der Waals surface area contributed by atoms with Gasteiger partial charge in [0.25, 0.3) is 0 Å². The summed E-state index contributed by atoms with van der Waals surface area (Å²) in [4.78, 5) is 16.4. The predicted molar refractivity (Wildman–Crippen MR) is 115 cm³/mol. The molecule has 0 radical (unpaired) electrons. The molecular formula is C23H19N5O. The van der Waals surface area contributed by atoms with E-state index in [4.69, 9.17) is 0 Å². The van der Waals surface area contributed by atoms with Crippen LogP contribution >= 0.6 is 0 Å². The second-order valence-corrected chi connectivity index (χ2v) is 6.86. The fourth-order valence-corrected chi connectivity index (χ4v) is 3.55. The lowest BCUT2D eigenvalue weighted by Gasteiger charge is -2.14. The fraction of sp³-hybridized carbons (Fsp3) is 0.0870. The minimum atomic E-state index is -0.621. The Morgan fingerprint density at radius 2 is 1.83 bits per heavy atom. The number of aliphatic hydroxyl groups is 1. The van der Waals surface area contributed by atoms with Gasteiger partial charge in [-0.05, 0) is 35.4 Å². The number of benzene rings is 2. The smallest absolute Gasteiger partial charge is 0.137 e. The third-order valence-corrected chi connectivity index (χ3v) is 5.04. The molecule has 3 aromatic heterocycles. The largest absolute Gasteiger partial charge is 0.387 e. The van der Waals surface area contributed by atoms with Crippen molar-refractivity contribution in [1.82, 2.24) is 19.9 Å². The number of hydrogen-bond donors (Lipinski definition) is 3. The lowest BCUT2D eigenvalue weighted by Crippen LogP contribution is -2.13.